The van der Waals surface area contributed by atoms with Gasteiger partial charge in [-0.3, -0.25) is 0 Å². The van der Waals surface area contributed by atoms with Crippen LogP contribution in [0.15, 0.2) is 72.3 Å². The molecule has 0 spiro atoms. The number of hydrogen-bond donors (Lipinski definition) is 0. The molecule has 0 aliphatic heterocycles. The number of aromatic nitrogens is 1. The van der Waals surface area contributed by atoms with Gasteiger partial charge in [-0.1, -0.05) is 47.5 Å². The van der Waals surface area contributed by atoms with E-state index in [9.17, 15) is 9.90 Å². The monoisotopic (exact) mass is 415 g/mol. The number of aromatic carboxylic acids is 1. The Morgan fingerprint density at radius 1 is 1.03 bits per heavy atom. The quantitative estimate of drug-likeness (QED) is 0.455. The van der Waals surface area contributed by atoms with Crippen molar-refractivity contribution in [1.29, 1.82) is 0 Å². The second-order valence-corrected chi connectivity index (χ2v) is 6.91. The Hall–Kier alpha value is -2.11. The van der Waals surface area contributed by atoms with Crippen LogP contribution in [0.25, 0.3) is 22.4 Å². The molecule has 0 atom stereocenters. The number of carbonyl (C=O) groups is 1. The van der Waals surface area contributed by atoms with E-state index < -0.39 is 5.97 Å². The average Bonchev–Trinajstić information content (AvgIpc) is 2.69. The fourth-order valence-corrected chi connectivity index (χ4v) is 2.95. The first kappa shape index (κ1) is 23.2. The van der Waals surface area contributed by atoms with Gasteiger partial charge in [0.15, 0.2) is 0 Å². The Bertz CT molecular complexity index is 1050. The molecule has 2 aromatic carbocycles. The normalized spacial score (nSPS) is 10.0. The number of rotatable bonds is 6. The van der Waals surface area contributed by atoms with E-state index in [1.807, 2.05) is 56.3 Å². The van der Waals surface area contributed by atoms with Crippen LogP contribution in [0.3, 0.4) is 0 Å². The van der Waals surface area contributed by atoms with Crippen molar-refractivity contribution in [3.05, 3.63) is 83.0 Å². The van der Waals surface area contributed by atoms with Gasteiger partial charge in [0.1, 0.15) is 12.4 Å². The molecule has 0 radical (unpaired) electrons. The number of allylic oxidation sites excluding steroid dienone is 1. The molecule has 0 N–H and O–H groups in total. The number of pyridine rings is 1. The third-order valence-corrected chi connectivity index (χ3v) is 4.36. The molecule has 1 heterocycles. The fourth-order valence-electron chi connectivity index (χ4n) is 2.78. The minimum absolute atomic E-state index is 0. The van der Waals surface area contributed by atoms with Crippen LogP contribution in [-0.4, -0.2) is 17.6 Å². The zero-order chi connectivity index (χ0) is 20.1. The number of carbonyl (C=O) groups excluding carboxylic acids is 1. The largest absolute Gasteiger partial charge is 1.00 e. The summed E-state index contributed by atoms with van der Waals surface area (Å²) < 4.78 is 5.95. The molecule has 1 aromatic heterocycles. The summed E-state index contributed by atoms with van der Waals surface area (Å²) in [5.74, 6) is -0.627. The number of carboxylic acids is 1. The van der Waals surface area contributed by atoms with Crippen LogP contribution < -0.4 is 39.4 Å². The maximum atomic E-state index is 11.2. The third kappa shape index (κ3) is 5.94. The Morgan fingerprint density at radius 2 is 1.76 bits per heavy atom. The van der Waals surface area contributed by atoms with Gasteiger partial charge < -0.3 is 14.6 Å². The summed E-state index contributed by atoms with van der Waals surface area (Å²) in [4.78, 5) is 15.4. The van der Waals surface area contributed by atoms with Crippen molar-refractivity contribution >= 4 is 17.6 Å². The molecule has 29 heavy (non-hydrogen) atoms. The zero-order valence-electron chi connectivity index (χ0n) is 16.6. The van der Waals surface area contributed by atoms with Crippen LogP contribution in [0, 0.1) is 0 Å². The zero-order valence-corrected chi connectivity index (χ0v) is 19.4. The molecular formula is C23H19ClNNaO3. The maximum absolute atomic E-state index is 11.2. The first-order chi connectivity index (χ1) is 13.5. The van der Waals surface area contributed by atoms with Gasteiger partial charge in [0.25, 0.3) is 0 Å². The third-order valence-electron chi connectivity index (χ3n) is 4.12. The predicted octanol–water partition coefficient (Wildman–Crippen LogP) is 1.78. The van der Waals surface area contributed by atoms with Gasteiger partial charge in [-0.15, -0.1) is 0 Å². The molecule has 0 aliphatic rings. The Morgan fingerprint density at radius 3 is 2.45 bits per heavy atom. The number of benzene rings is 2. The van der Waals surface area contributed by atoms with Gasteiger partial charge >= 0.3 is 29.6 Å². The number of halogens is 1. The molecule has 142 valence electrons. The van der Waals surface area contributed by atoms with E-state index >= 15 is 0 Å². The number of ether oxygens (including phenoxy) is 1. The SMILES string of the molecule is CC(C)=CCOc1ccc(Cl)cc1-c1ccccc1-c1cccc(C(=O)[O-])n1.[Na+]. The molecule has 3 aromatic rings. The van der Waals surface area contributed by atoms with E-state index in [2.05, 4.69) is 4.98 Å². The second kappa shape index (κ2) is 10.6. The maximum Gasteiger partial charge on any atom is 1.00 e. The molecule has 3 rings (SSSR count). The molecule has 0 saturated carbocycles. The van der Waals surface area contributed by atoms with Crippen LogP contribution in [0.4, 0.5) is 0 Å². The molecule has 6 heteroatoms. The molecule has 0 bridgehead atoms. The van der Waals surface area contributed by atoms with Crippen LogP contribution in [0.5, 0.6) is 5.75 Å². The van der Waals surface area contributed by atoms with E-state index in [1.54, 1.807) is 18.2 Å². The smallest absolute Gasteiger partial charge is 0.543 e. The number of carboxylic acid groups (broad SMARTS) is 1. The molecule has 0 unspecified atom stereocenters. The van der Waals surface area contributed by atoms with Gasteiger partial charge in [-0.2, -0.15) is 0 Å². The van der Waals surface area contributed by atoms with Crippen molar-refractivity contribution in [3.63, 3.8) is 0 Å². The first-order valence-corrected chi connectivity index (χ1v) is 9.17. The van der Waals surface area contributed by atoms with Gasteiger partial charge in [-0.05, 0) is 55.8 Å². The number of hydrogen-bond acceptors (Lipinski definition) is 4. The van der Waals surface area contributed by atoms with E-state index in [0.717, 1.165) is 16.7 Å². The fraction of sp³-hybridized carbons (Fsp3) is 0.130. The topological polar surface area (TPSA) is 62.2 Å². The standard InChI is InChI=1S/C23H20ClNO3.Na/c1-15(2)12-13-28-22-11-10-16(24)14-19(22)17-6-3-4-7-18(17)20-8-5-9-21(25-20)23(26)27;/h3-12,14H,13H2,1-2H3,(H,26,27);/q;+1/p-1. The van der Waals surface area contributed by atoms with Crippen molar-refractivity contribution in [1.82, 2.24) is 4.98 Å². The summed E-state index contributed by atoms with van der Waals surface area (Å²) in [7, 11) is 0. The van der Waals surface area contributed by atoms with Gasteiger partial charge in [0.05, 0.1) is 17.4 Å². The predicted molar refractivity (Wildman–Crippen MR) is 109 cm³/mol. The summed E-state index contributed by atoms with van der Waals surface area (Å²) >= 11 is 6.25. The molecular weight excluding hydrogens is 397 g/mol. The van der Waals surface area contributed by atoms with E-state index in [4.69, 9.17) is 16.3 Å². The van der Waals surface area contributed by atoms with Crippen molar-refractivity contribution in [2.45, 2.75) is 13.8 Å². The minimum Gasteiger partial charge on any atom is -0.543 e. The minimum atomic E-state index is -1.31. The van der Waals surface area contributed by atoms with Crippen LogP contribution >= 0.6 is 11.6 Å². The van der Waals surface area contributed by atoms with Crippen LogP contribution in [0.1, 0.15) is 24.3 Å². The molecule has 4 nitrogen and oxygen atoms in total. The molecule has 0 amide bonds. The molecule has 0 fully saturated rings. The van der Waals surface area contributed by atoms with Gasteiger partial charge in [0.2, 0.25) is 0 Å². The Labute approximate surface area is 197 Å². The van der Waals surface area contributed by atoms with E-state index in [1.165, 1.54) is 11.6 Å². The molecule has 0 saturated heterocycles. The van der Waals surface area contributed by atoms with Crippen molar-refractivity contribution in [2.75, 3.05) is 6.61 Å². The first-order valence-electron chi connectivity index (χ1n) is 8.79. The van der Waals surface area contributed by atoms with Crippen molar-refractivity contribution in [3.8, 4) is 28.1 Å². The Balaban J connectivity index is 0.00000300. The molecule has 0 aliphatic carbocycles. The van der Waals surface area contributed by atoms with Gasteiger partial charge in [-0.25, -0.2) is 4.98 Å². The van der Waals surface area contributed by atoms with Crippen molar-refractivity contribution in [2.24, 2.45) is 0 Å². The average molecular weight is 416 g/mol. The van der Waals surface area contributed by atoms with E-state index in [0.29, 0.717) is 23.1 Å². The summed E-state index contributed by atoms with van der Waals surface area (Å²) in [5, 5.41) is 11.8. The Kier molecular flexibility index (Phi) is 8.47. The van der Waals surface area contributed by atoms with Gasteiger partial charge in [0, 0.05) is 16.1 Å². The van der Waals surface area contributed by atoms with Crippen molar-refractivity contribution < 1.29 is 44.2 Å². The van der Waals surface area contributed by atoms with Crippen LogP contribution in [-0.2, 0) is 0 Å². The van der Waals surface area contributed by atoms with Crippen LogP contribution in [0.2, 0.25) is 5.02 Å². The summed E-state index contributed by atoms with van der Waals surface area (Å²) in [6, 6.07) is 17.9. The summed E-state index contributed by atoms with van der Waals surface area (Å²) in [6.45, 7) is 4.46. The second-order valence-electron chi connectivity index (χ2n) is 6.47. The summed E-state index contributed by atoms with van der Waals surface area (Å²) in [6.07, 6.45) is 2.00. The number of nitrogens with zero attached hydrogens (tertiary/aromatic N) is 1. The van der Waals surface area contributed by atoms with E-state index in [-0.39, 0.29) is 35.3 Å². The summed E-state index contributed by atoms with van der Waals surface area (Å²) in [5.41, 5.74) is 4.02.